The van der Waals surface area contributed by atoms with Gasteiger partial charge in [0, 0.05) is 32.4 Å². The number of hydrogen-bond donors (Lipinski definition) is 0. The molecule has 0 bridgehead atoms. The third kappa shape index (κ3) is 2.83. The first kappa shape index (κ1) is 17.8. The van der Waals surface area contributed by atoms with E-state index in [-0.39, 0.29) is 17.8 Å². The maximum Gasteiger partial charge on any atom is 0.328 e. The maximum absolute atomic E-state index is 13.2. The highest BCUT2D eigenvalue weighted by Gasteiger charge is 2.54. The molecule has 27 heavy (non-hydrogen) atoms. The number of fused-ring (bicyclic) bond motifs is 3. The van der Waals surface area contributed by atoms with Gasteiger partial charge in [0.15, 0.2) is 12.2 Å². The van der Waals surface area contributed by atoms with Gasteiger partial charge in [-0.15, -0.1) is 0 Å². The molecular formula is C19H24FN5O2. The molecule has 0 spiro atoms. The van der Waals surface area contributed by atoms with Crippen molar-refractivity contribution in [1.29, 1.82) is 0 Å². The van der Waals surface area contributed by atoms with E-state index in [1.165, 1.54) is 17.0 Å². The Balaban J connectivity index is 1.59. The van der Waals surface area contributed by atoms with Gasteiger partial charge in [-0.3, -0.25) is 9.69 Å². The molecule has 3 heterocycles. The molecule has 0 N–H and O–H groups in total. The number of carbonyl (C=O) groups is 2. The average molecular weight is 373 g/mol. The molecule has 4 rings (SSSR count). The molecule has 1 aromatic carbocycles. The molecule has 8 heteroatoms. The lowest BCUT2D eigenvalue weighted by Crippen LogP contribution is -2.64. The lowest BCUT2D eigenvalue weighted by molar-refractivity contribution is -0.137. The molecule has 144 valence electrons. The van der Waals surface area contributed by atoms with Crippen LogP contribution in [0.2, 0.25) is 0 Å². The number of anilines is 1. The Labute approximate surface area is 158 Å². The molecule has 0 aliphatic carbocycles. The van der Waals surface area contributed by atoms with E-state index >= 15 is 0 Å². The lowest BCUT2D eigenvalue weighted by atomic mass is 10.1. The number of imide groups is 1. The van der Waals surface area contributed by atoms with Crippen LogP contribution >= 0.6 is 0 Å². The monoisotopic (exact) mass is 373 g/mol. The second kappa shape index (κ2) is 6.83. The number of rotatable bonds is 5. The number of carbonyl (C=O) groups excluding carboxylic acids is 2. The van der Waals surface area contributed by atoms with E-state index < -0.39 is 12.2 Å². The minimum absolute atomic E-state index is 0.168. The number of nitrogens with zero attached hydrogens (tertiary/aromatic N) is 5. The predicted octanol–water partition coefficient (Wildman–Crippen LogP) is 2.10. The first-order chi connectivity index (χ1) is 13.0. The third-order valence-electron chi connectivity index (χ3n) is 5.50. The Morgan fingerprint density at radius 3 is 2.59 bits per heavy atom. The van der Waals surface area contributed by atoms with Crippen molar-refractivity contribution >= 4 is 23.6 Å². The standard InChI is InChI=1S/C19H24FN5O2/c1-3-4-5-10-25-17(26)15-16(22(2)19(25)27)21-18-23(11-12-24(15)18)14-8-6-13(20)7-9-14/h6-9,15-16H,3-5,10-12H2,1-2H3. The number of unbranched alkanes of at least 4 members (excludes halogenated alkanes) is 2. The number of halogens is 1. The largest absolute Gasteiger partial charge is 0.328 e. The van der Waals surface area contributed by atoms with E-state index in [1.807, 2.05) is 9.80 Å². The highest BCUT2D eigenvalue weighted by Crippen LogP contribution is 2.33. The van der Waals surface area contributed by atoms with E-state index in [4.69, 9.17) is 4.99 Å². The fraction of sp³-hybridized carbons (Fsp3) is 0.526. The molecule has 0 aromatic heterocycles. The average Bonchev–Trinajstić information content (AvgIpc) is 3.23. The zero-order valence-electron chi connectivity index (χ0n) is 15.6. The van der Waals surface area contributed by atoms with Gasteiger partial charge in [0.25, 0.3) is 5.91 Å². The van der Waals surface area contributed by atoms with E-state index in [2.05, 4.69) is 6.92 Å². The van der Waals surface area contributed by atoms with Gasteiger partial charge in [0.1, 0.15) is 5.82 Å². The molecule has 7 nitrogen and oxygen atoms in total. The summed E-state index contributed by atoms with van der Waals surface area (Å²) in [6, 6.07) is 5.48. The van der Waals surface area contributed by atoms with Gasteiger partial charge in [0.2, 0.25) is 5.96 Å². The molecule has 2 atom stereocenters. The minimum atomic E-state index is -0.509. The van der Waals surface area contributed by atoms with E-state index in [0.29, 0.717) is 25.6 Å². The zero-order valence-corrected chi connectivity index (χ0v) is 15.6. The highest BCUT2D eigenvalue weighted by molar-refractivity contribution is 6.07. The van der Waals surface area contributed by atoms with Crippen LogP contribution in [-0.2, 0) is 4.79 Å². The van der Waals surface area contributed by atoms with Crippen LogP contribution < -0.4 is 4.90 Å². The Morgan fingerprint density at radius 2 is 1.89 bits per heavy atom. The van der Waals surface area contributed by atoms with Crippen molar-refractivity contribution in [3.8, 4) is 0 Å². The number of guanidine groups is 1. The summed E-state index contributed by atoms with van der Waals surface area (Å²) in [5.41, 5.74) is 0.831. The van der Waals surface area contributed by atoms with Gasteiger partial charge in [-0.1, -0.05) is 19.8 Å². The number of benzene rings is 1. The number of aliphatic imine (C=N–C) groups is 1. The Morgan fingerprint density at radius 1 is 1.15 bits per heavy atom. The molecule has 3 aliphatic heterocycles. The summed E-state index contributed by atoms with van der Waals surface area (Å²) in [5.74, 6) is 0.221. The quantitative estimate of drug-likeness (QED) is 0.742. The fourth-order valence-corrected chi connectivity index (χ4v) is 4.03. The highest BCUT2D eigenvalue weighted by atomic mass is 19.1. The number of urea groups is 1. The molecule has 2 saturated heterocycles. The van der Waals surface area contributed by atoms with Crippen molar-refractivity contribution < 1.29 is 14.0 Å². The summed E-state index contributed by atoms with van der Waals surface area (Å²) >= 11 is 0. The van der Waals surface area contributed by atoms with E-state index in [1.54, 1.807) is 24.1 Å². The van der Waals surface area contributed by atoms with E-state index in [0.717, 1.165) is 24.9 Å². The Kier molecular flexibility index (Phi) is 4.49. The van der Waals surface area contributed by atoms with Crippen molar-refractivity contribution in [2.24, 2.45) is 4.99 Å². The maximum atomic E-state index is 13.2. The molecule has 3 amide bonds. The van der Waals surface area contributed by atoms with Crippen LogP contribution in [0.15, 0.2) is 29.3 Å². The number of likely N-dealkylation sites (N-methyl/N-ethyl adjacent to an activating group) is 1. The number of hydrogen-bond acceptors (Lipinski definition) is 5. The minimum Gasteiger partial charge on any atom is -0.325 e. The van der Waals surface area contributed by atoms with Crippen LogP contribution in [0.4, 0.5) is 14.9 Å². The van der Waals surface area contributed by atoms with Crippen molar-refractivity contribution in [1.82, 2.24) is 14.7 Å². The van der Waals surface area contributed by atoms with Crippen molar-refractivity contribution in [3.63, 3.8) is 0 Å². The first-order valence-electron chi connectivity index (χ1n) is 9.48. The Hall–Kier alpha value is -2.64. The Bertz CT molecular complexity index is 781. The summed E-state index contributed by atoms with van der Waals surface area (Å²) in [6.45, 7) is 3.86. The topological polar surface area (TPSA) is 59.5 Å². The second-order valence-corrected chi connectivity index (χ2v) is 7.20. The SMILES string of the molecule is CCCCCN1C(=O)C2C(N=C3N(c4ccc(F)cc4)CCN32)N(C)C1=O. The van der Waals surface area contributed by atoms with Crippen LogP contribution in [0, 0.1) is 5.82 Å². The zero-order chi connectivity index (χ0) is 19.1. The van der Waals surface area contributed by atoms with Crippen LogP contribution in [0.25, 0.3) is 0 Å². The van der Waals surface area contributed by atoms with Gasteiger partial charge >= 0.3 is 6.03 Å². The van der Waals surface area contributed by atoms with Crippen LogP contribution in [-0.4, -0.2) is 71.5 Å². The molecule has 1 aromatic rings. The fourth-order valence-electron chi connectivity index (χ4n) is 4.03. The third-order valence-corrected chi connectivity index (χ3v) is 5.50. The van der Waals surface area contributed by atoms with Crippen molar-refractivity contribution in [2.75, 3.05) is 31.6 Å². The van der Waals surface area contributed by atoms with E-state index in [9.17, 15) is 14.0 Å². The van der Waals surface area contributed by atoms with Gasteiger partial charge in [-0.05, 0) is 30.7 Å². The molecule has 0 radical (unpaired) electrons. The van der Waals surface area contributed by atoms with Crippen molar-refractivity contribution in [2.45, 2.75) is 38.4 Å². The van der Waals surface area contributed by atoms with Gasteiger partial charge < -0.3 is 14.7 Å². The van der Waals surface area contributed by atoms with Crippen LogP contribution in [0.3, 0.4) is 0 Å². The number of amides is 3. The molecule has 2 unspecified atom stereocenters. The summed E-state index contributed by atoms with van der Waals surface area (Å²) in [5, 5.41) is 0. The normalized spacial score (nSPS) is 24.5. The summed E-state index contributed by atoms with van der Waals surface area (Å²) in [7, 11) is 1.70. The van der Waals surface area contributed by atoms with Crippen LogP contribution in [0.5, 0.6) is 0 Å². The predicted molar refractivity (Wildman–Crippen MR) is 99.9 cm³/mol. The van der Waals surface area contributed by atoms with Gasteiger partial charge in [-0.2, -0.15) is 0 Å². The molecule has 2 fully saturated rings. The molecule has 0 saturated carbocycles. The molecular weight excluding hydrogens is 349 g/mol. The van der Waals surface area contributed by atoms with Crippen molar-refractivity contribution in [3.05, 3.63) is 30.1 Å². The van der Waals surface area contributed by atoms with Gasteiger partial charge in [-0.25, -0.2) is 14.2 Å². The van der Waals surface area contributed by atoms with Crippen LogP contribution in [0.1, 0.15) is 26.2 Å². The summed E-state index contributed by atoms with van der Waals surface area (Å²) < 4.78 is 13.2. The van der Waals surface area contributed by atoms with Gasteiger partial charge in [0.05, 0.1) is 0 Å². The first-order valence-corrected chi connectivity index (χ1v) is 9.48. The summed E-state index contributed by atoms with van der Waals surface area (Å²) in [6.07, 6.45) is 2.32. The summed E-state index contributed by atoms with van der Waals surface area (Å²) in [4.78, 5) is 37.3. The molecule has 3 aliphatic rings. The second-order valence-electron chi connectivity index (χ2n) is 7.20. The lowest BCUT2D eigenvalue weighted by Gasteiger charge is -2.40. The smallest absolute Gasteiger partial charge is 0.325 e.